The summed E-state index contributed by atoms with van der Waals surface area (Å²) in [6.45, 7) is 10.1. The van der Waals surface area contributed by atoms with Crippen molar-refractivity contribution >= 4 is 20.9 Å². The van der Waals surface area contributed by atoms with Crippen LogP contribution in [-0.2, 0) is 9.36 Å². The van der Waals surface area contributed by atoms with E-state index in [2.05, 4.69) is 0 Å². The number of Topliss-reactive ketones (excluding diaryl/α,β-unsaturated/α-hetero) is 1. The molecule has 0 amide bonds. The highest BCUT2D eigenvalue weighted by Gasteiger charge is 2.19. The molecule has 0 spiro atoms. The molecule has 1 aromatic rings. The average Bonchev–Trinajstić information content (AvgIpc) is 2.50. The van der Waals surface area contributed by atoms with Crippen molar-refractivity contribution in [2.24, 2.45) is 11.8 Å². The Morgan fingerprint density at radius 3 is 2.00 bits per heavy atom. The number of carbonyl (C=O) groups excluding carboxylic acids is 1. The Balaban J connectivity index is 0.00000277. The van der Waals surface area contributed by atoms with Crippen LogP contribution in [0.4, 0.5) is 0 Å². The van der Waals surface area contributed by atoms with Gasteiger partial charge in [0.25, 0.3) is 0 Å². The van der Waals surface area contributed by atoms with Crippen LogP contribution in [0.1, 0.15) is 73.0 Å². The van der Waals surface area contributed by atoms with Crippen LogP contribution in [0, 0.1) is 32.6 Å². The molecule has 0 aromatic heterocycles. The van der Waals surface area contributed by atoms with Crippen LogP contribution < -0.4 is 0 Å². The first-order valence-corrected chi connectivity index (χ1v) is 9.17. The number of carbonyl (C=O) groups is 2. The van der Waals surface area contributed by atoms with E-state index >= 15 is 0 Å². The van der Waals surface area contributed by atoms with Gasteiger partial charge >= 0.3 is 5.97 Å². The summed E-state index contributed by atoms with van der Waals surface area (Å²) in [5, 5.41) is 9.24. The standard InChI is InChI=1S/C20H30O3.HOP/c1-13(2)10-17(20(22)23)8-6-7-9-18(21)19-15(4)11-14(3)12-16(19)5;1-2/h11-13,17H,6-10H2,1-5H3,(H,22,23);2H. The molecule has 140 valence electrons. The molecule has 0 fully saturated rings. The van der Waals surface area contributed by atoms with Crippen LogP contribution in [0.3, 0.4) is 0 Å². The number of carboxylic acids is 1. The van der Waals surface area contributed by atoms with Crippen LogP contribution in [0.15, 0.2) is 12.1 Å². The fraction of sp³-hybridized carbons (Fsp3) is 0.600. The van der Waals surface area contributed by atoms with Gasteiger partial charge in [-0.1, -0.05) is 38.0 Å². The normalized spacial score (nSPS) is 11.6. The smallest absolute Gasteiger partial charge is 0.306 e. The molecule has 0 saturated carbocycles. The molecule has 25 heavy (non-hydrogen) atoms. The predicted octanol–water partition coefficient (Wildman–Crippen LogP) is 5.58. The summed E-state index contributed by atoms with van der Waals surface area (Å²) in [5.41, 5.74) is 4.09. The number of unbranched alkanes of at least 4 members (excludes halogenated alkanes) is 1. The Kier molecular flexibility index (Phi) is 11.2. The molecule has 0 radical (unpaired) electrons. The number of aryl methyl sites for hydroxylation is 3. The van der Waals surface area contributed by atoms with Crippen molar-refractivity contribution in [3.63, 3.8) is 0 Å². The number of aliphatic carboxylic acids is 1. The summed E-state index contributed by atoms with van der Waals surface area (Å²) >= 11 is 0. The molecule has 1 N–H and O–H groups in total. The van der Waals surface area contributed by atoms with E-state index in [9.17, 15) is 14.7 Å². The first-order valence-electron chi connectivity index (χ1n) is 8.76. The van der Waals surface area contributed by atoms with Gasteiger partial charge in [-0.25, -0.2) is 0 Å². The zero-order valence-corrected chi connectivity index (χ0v) is 17.0. The lowest BCUT2D eigenvalue weighted by Gasteiger charge is -2.14. The molecular weight excluding hydrogens is 335 g/mol. The molecule has 0 saturated heterocycles. The van der Waals surface area contributed by atoms with E-state index < -0.39 is 5.97 Å². The lowest BCUT2D eigenvalue weighted by atomic mass is 9.90. The van der Waals surface area contributed by atoms with Gasteiger partial charge in [-0.3, -0.25) is 14.2 Å². The minimum atomic E-state index is -0.713. The van der Waals surface area contributed by atoms with Gasteiger partial charge in [0.05, 0.1) is 5.92 Å². The third-order valence-corrected chi connectivity index (χ3v) is 4.27. The van der Waals surface area contributed by atoms with Gasteiger partial charge in [0, 0.05) is 12.0 Å². The molecular formula is C20H31O4P. The third kappa shape index (κ3) is 8.40. The second-order valence-electron chi connectivity index (χ2n) is 7.11. The number of rotatable bonds is 9. The lowest BCUT2D eigenvalue weighted by molar-refractivity contribution is -0.142. The molecule has 0 aliphatic heterocycles. The summed E-state index contributed by atoms with van der Waals surface area (Å²) in [5.74, 6) is -0.436. The molecule has 0 heterocycles. The maximum atomic E-state index is 12.4. The summed E-state index contributed by atoms with van der Waals surface area (Å²) in [4.78, 5) is 23.7. The predicted molar refractivity (Wildman–Crippen MR) is 103 cm³/mol. The SMILES string of the molecule is Cc1cc(C)c(C(=O)CCCCC(CC(C)C)C(=O)O)c(C)c1.O=P. The monoisotopic (exact) mass is 366 g/mol. The van der Waals surface area contributed by atoms with Crippen molar-refractivity contribution in [1.82, 2.24) is 0 Å². The Bertz CT molecular complexity index is 558. The molecule has 0 aliphatic carbocycles. The number of hydrogen-bond acceptors (Lipinski definition) is 3. The first-order chi connectivity index (χ1) is 11.7. The van der Waals surface area contributed by atoms with Gasteiger partial charge in [-0.15, -0.1) is 0 Å². The summed E-state index contributed by atoms with van der Waals surface area (Å²) in [7, 11) is 1.72. The topological polar surface area (TPSA) is 71.4 Å². The van der Waals surface area contributed by atoms with E-state index in [1.807, 2.05) is 46.8 Å². The maximum Gasteiger partial charge on any atom is 0.306 e. The summed E-state index contributed by atoms with van der Waals surface area (Å²) in [6, 6.07) is 4.09. The highest BCUT2D eigenvalue weighted by atomic mass is 31.0. The zero-order valence-electron chi connectivity index (χ0n) is 16.0. The second kappa shape index (κ2) is 11.9. The van der Waals surface area contributed by atoms with Gasteiger partial charge in [-0.05, 0) is 57.1 Å². The van der Waals surface area contributed by atoms with E-state index in [0.717, 1.165) is 29.5 Å². The number of carboxylic acid groups (broad SMARTS) is 1. The number of ketones is 1. The number of hydrogen-bond donors (Lipinski definition) is 1. The molecule has 5 heteroatoms. The molecule has 1 unspecified atom stereocenters. The number of benzene rings is 1. The summed E-state index contributed by atoms with van der Waals surface area (Å²) in [6.07, 6.45) is 3.41. The van der Waals surface area contributed by atoms with Crippen LogP contribution in [-0.4, -0.2) is 16.9 Å². The Labute approximate surface area is 153 Å². The molecule has 1 rings (SSSR count). The van der Waals surface area contributed by atoms with Gasteiger partial charge in [-0.2, -0.15) is 0 Å². The zero-order chi connectivity index (χ0) is 19.6. The van der Waals surface area contributed by atoms with Crippen LogP contribution in [0.5, 0.6) is 0 Å². The van der Waals surface area contributed by atoms with E-state index in [-0.39, 0.29) is 11.7 Å². The molecule has 0 bridgehead atoms. The van der Waals surface area contributed by atoms with Crippen molar-refractivity contribution in [3.05, 3.63) is 34.4 Å². The Morgan fingerprint density at radius 2 is 1.56 bits per heavy atom. The minimum absolute atomic E-state index is 0.177. The van der Waals surface area contributed by atoms with E-state index in [1.54, 1.807) is 9.12 Å². The molecule has 4 nitrogen and oxygen atoms in total. The third-order valence-electron chi connectivity index (χ3n) is 4.27. The highest BCUT2D eigenvalue weighted by Crippen LogP contribution is 2.22. The van der Waals surface area contributed by atoms with Gasteiger partial charge < -0.3 is 5.11 Å². The van der Waals surface area contributed by atoms with E-state index in [0.29, 0.717) is 25.2 Å². The molecule has 1 aromatic carbocycles. The average molecular weight is 366 g/mol. The Morgan fingerprint density at radius 1 is 1.04 bits per heavy atom. The quantitative estimate of drug-likeness (QED) is 0.352. The van der Waals surface area contributed by atoms with Crippen LogP contribution >= 0.6 is 9.12 Å². The summed E-state index contributed by atoms with van der Waals surface area (Å²) < 4.78 is 8.06. The minimum Gasteiger partial charge on any atom is -0.481 e. The van der Waals surface area contributed by atoms with Gasteiger partial charge in [0.1, 0.15) is 9.12 Å². The van der Waals surface area contributed by atoms with Crippen LogP contribution in [0.25, 0.3) is 0 Å². The largest absolute Gasteiger partial charge is 0.481 e. The van der Waals surface area contributed by atoms with Gasteiger partial charge in [0.15, 0.2) is 5.78 Å². The Hall–Kier alpha value is -1.54. The maximum absolute atomic E-state index is 12.4. The lowest BCUT2D eigenvalue weighted by Crippen LogP contribution is -2.16. The van der Waals surface area contributed by atoms with E-state index in [4.69, 9.17) is 4.57 Å². The second-order valence-corrected chi connectivity index (χ2v) is 7.11. The van der Waals surface area contributed by atoms with Gasteiger partial charge in [0.2, 0.25) is 0 Å². The first kappa shape index (κ1) is 23.5. The fourth-order valence-corrected chi connectivity index (χ4v) is 3.33. The van der Waals surface area contributed by atoms with Crippen molar-refractivity contribution in [3.8, 4) is 0 Å². The van der Waals surface area contributed by atoms with Crippen molar-refractivity contribution in [2.45, 2.75) is 66.7 Å². The molecule has 1 atom stereocenters. The molecule has 0 aliphatic rings. The fourth-order valence-electron chi connectivity index (χ4n) is 3.33. The van der Waals surface area contributed by atoms with Crippen molar-refractivity contribution < 1.29 is 19.3 Å². The van der Waals surface area contributed by atoms with Crippen molar-refractivity contribution in [1.29, 1.82) is 0 Å². The van der Waals surface area contributed by atoms with Crippen LogP contribution in [0.2, 0.25) is 0 Å². The van der Waals surface area contributed by atoms with E-state index in [1.165, 1.54) is 5.56 Å². The van der Waals surface area contributed by atoms with Crippen molar-refractivity contribution in [2.75, 3.05) is 0 Å². The highest BCUT2D eigenvalue weighted by molar-refractivity contribution is 7.00.